The lowest BCUT2D eigenvalue weighted by Crippen LogP contribution is -2.55. The van der Waals surface area contributed by atoms with Gasteiger partial charge in [0.2, 0.25) is 0 Å². The Hall–Kier alpha value is -2.44. The largest absolute Gasteiger partial charge is 0.497 e. The molecule has 2 unspecified atom stereocenters. The maximum absolute atomic E-state index is 14.0. The molecule has 1 aromatic heterocycles. The molecule has 4 rings (SSSR count). The van der Waals surface area contributed by atoms with Crippen LogP contribution in [0.4, 0.5) is 13.2 Å². The number of hydrogen-bond donors (Lipinski definition) is 0. The van der Waals surface area contributed by atoms with Gasteiger partial charge in [-0.1, -0.05) is 18.2 Å². The summed E-state index contributed by atoms with van der Waals surface area (Å²) in [7, 11) is 1.55. The molecule has 0 saturated heterocycles. The maximum atomic E-state index is 14.0. The number of aromatic nitrogens is 2. The van der Waals surface area contributed by atoms with Gasteiger partial charge in [0.1, 0.15) is 18.1 Å². The van der Waals surface area contributed by atoms with E-state index in [0.29, 0.717) is 24.3 Å². The zero-order valence-electron chi connectivity index (χ0n) is 14.6. The first-order valence-corrected chi connectivity index (χ1v) is 8.60. The molecule has 0 spiro atoms. The Labute approximate surface area is 149 Å². The molecule has 4 nitrogen and oxygen atoms in total. The van der Waals surface area contributed by atoms with Gasteiger partial charge >= 0.3 is 6.18 Å². The molecular weight excluding hydrogens is 343 g/mol. The Kier molecular flexibility index (Phi) is 3.97. The number of alkyl halides is 3. The SMILES string of the molecule is COc1cccc(C2C=C(C)c3cncn3N2C(C2CC2)C(F)(F)F)c1. The Morgan fingerprint density at radius 2 is 2.04 bits per heavy atom. The minimum absolute atomic E-state index is 0.384. The Morgan fingerprint density at radius 3 is 2.69 bits per heavy atom. The lowest BCUT2D eigenvalue weighted by atomic mass is 9.97. The first-order chi connectivity index (χ1) is 12.4. The highest BCUT2D eigenvalue weighted by molar-refractivity contribution is 5.65. The second-order valence-corrected chi connectivity index (χ2v) is 6.90. The summed E-state index contributed by atoms with van der Waals surface area (Å²) in [6, 6.07) is 5.14. The van der Waals surface area contributed by atoms with Gasteiger partial charge in [-0.25, -0.2) is 9.66 Å². The van der Waals surface area contributed by atoms with E-state index in [1.165, 1.54) is 11.3 Å². The van der Waals surface area contributed by atoms with E-state index in [2.05, 4.69) is 4.98 Å². The molecule has 1 aromatic carbocycles. The first kappa shape index (κ1) is 17.0. The van der Waals surface area contributed by atoms with Crippen LogP contribution in [0.1, 0.15) is 37.1 Å². The third-order valence-electron chi connectivity index (χ3n) is 5.09. The van der Waals surface area contributed by atoms with Crippen molar-refractivity contribution in [1.29, 1.82) is 0 Å². The second kappa shape index (κ2) is 6.07. The topological polar surface area (TPSA) is 30.3 Å². The zero-order valence-corrected chi connectivity index (χ0v) is 14.6. The highest BCUT2D eigenvalue weighted by Gasteiger charge is 2.54. The summed E-state index contributed by atoms with van der Waals surface area (Å²) in [5, 5.41) is 1.43. The molecule has 1 saturated carbocycles. The molecular formula is C19H20F3N3O. The van der Waals surface area contributed by atoms with E-state index >= 15 is 0 Å². The van der Waals surface area contributed by atoms with Crippen LogP contribution < -0.4 is 9.75 Å². The van der Waals surface area contributed by atoms with Crippen LogP contribution in [-0.2, 0) is 0 Å². The number of benzene rings is 1. The van der Waals surface area contributed by atoms with Crippen molar-refractivity contribution in [3.63, 3.8) is 0 Å². The lowest BCUT2D eigenvalue weighted by molar-refractivity contribution is -0.158. The number of ether oxygens (including phenoxy) is 1. The van der Waals surface area contributed by atoms with E-state index in [9.17, 15) is 13.2 Å². The van der Waals surface area contributed by atoms with Crippen LogP contribution in [0, 0.1) is 5.92 Å². The third-order valence-corrected chi connectivity index (χ3v) is 5.09. The van der Waals surface area contributed by atoms with Gasteiger partial charge in [-0.05, 0) is 49.0 Å². The number of fused-ring (bicyclic) bond motifs is 1. The van der Waals surface area contributed by atoms with Crippen LogP contribution in [0.2, 0.25) is 0 Å². The molecule has 1 aliphatic heterocycles. The summed E-state index contributed by atoms with van der Waals surface area (Å²) in [6.07, 6.45) is 1.84. The van der Waals surface area contributed by atoms with E-state index < -0.39 is 18.3 Å². The third kappa shape index (κ3) is 2.85. The van der Waals surface area contributed by atoms with E-state index in [1.807, 2.05) is 19.1 Å². The number of imidazole rings is 1. The number of hydrogen-bond acceptors (Lipinski definition) is 3. The highest BCUT2D eigenvalue weighted by Crippen LogP contribution is 2.47. The molecule has 2 heterocycles. The van der Waals surface area contributed by atoms with Crippen LogP contribution in [0.25, 0.3) is 5.57 Å². The standard InChI is InChI=1S/C19H20F3N3O/c1-12-8-16(14-4-3-5-15(9-14)26-2)25(24-11-23-10-17(12)24)18(13-6-7-13)19(20,21)22/h3-5,8-11,13,16,18H,6-7H2,1-2H3. The predicted octanol–water partition coefficient (Wildman–Crippen LogP) is 4.33. The predicted molar refractivity (Wildman–Crippen MR) is 92.4 cm³/mol. The molecule has 2 aliphatic rings. The van der Waals surface area contributed by atoms with Crippen molar-refractivity contribution < 1.29 is 17.9 Å². The first-order valence-electron chi connectivity index (χ1n) is 8.60. The summed E-state index contributed by atoms with van der Waals surface area (Å²) in [4.78, 5) is 4.10. The molecule has 26 heavy (non-hydrogen) atoms. The fourth-order valence-corrected chi connectivity index (χ4v) is 3.71. The molecule has 138 valence electrons. The van der Waals surface area contributed by atoms with E-state index in [1.54, 1.807) is 36.2 Å². The van der Waals surface area contributed by atoms with Gasteiger partial charge in [0, 0.05) is 0 Å². The Bertz CT molecular complexity index is 839. The lowest BCUT2D eigenvalue weighted by Gasteiger charge is -2.43. The van der Waals surface area contributed by atoms with Gasteiger partial charge in [-0.15, -0.1) is 0 Å². The number of rotatable bonds is 4. The van der Waals surface area contributed by atoms with Crippen LogP contribution >= 0.6 is 0 Å². The van der Waals surface area contributed by atoms with E-state index in [0.717, 1.165) is 11.1 Å². The van der Waals surface area contributed by atoms with Crippen molar-refractivity contribution >= 4 is 5.57 Å². The van der Waals surface area contributed by atoms with Crippen molar-refractivity contribution in [2.24, 2.45) is 5.92 Å². The van der Waals surface area contributed by atoms with Crippen molar-refractivity contribution in [1.82, 2.24) is 9.66 Å². The van der Waals surface area contributed by atoms with E-state index in [-0.39, 0.29) is 5.92 Å². The summed E-state index contributed by atoms with van der Waals surface area (Å²) in [5.74, 6) is 0.241. The number of nitrogens with zero attached hydrogens (tertiary/aromatic N) is 3. The summed E-state index contributed by atoms with van der Waals surface area (Å²) in [5.41, 5.74) is 2.36. The van der Waals surface area contributed by atoms with Gasteiger partial charge in [-0.3, -0.25) is 5.01 Å². The van der Waals surface area contributed by atoms with Crippen LogP contribution in [0.5, 0.6) is 5.75 Å². The number of halogens is 3. The monoisotopic (exact) mass is 363 g/mol. The summed E-state index contributed by atoms with van der Waals surface area (Å²) < 4.78 is 48.9. The maximum Gasteiger partial charge on any atom is 0.410 e. The molecule has 7 heteroatoms. The van der Waals surface area contributed by atoms with Gasteiger partial charge in [-0.2, -0.15) is 13.2 Å². The smallest absolute Gasteiger partial charge is 0.410 e. The fourth-order valence-electron chi connectivity index (χ4n) is 3.71. The van der Waals surface area contributed by atoms with Crippen LogP contribution in [-0.4, -0.2) is 29.0 Å². The molecule has 1 fully saturated rings. The molecule has 2 aromatic rings. The minimum Gasteiger partial charge on any atom is -0.497 e. The quantitative estimate of drug-likeness (QED) is 0.810. The van der Waals surface area contributed by atoms with Crippen molar-refractivity contribution in [2.75, 3.05) is 12.1 Å². The van der Waals surface area contributed by atoms with Crippen LogP contribution in [0.15, 0.2) is 42.9 Å². The molecule has 0 N–H and O–H groups in total. The van der Waals surface area contributed by atoms with Gasteiger partial charge < -0.3 is 4.74 Å². The average molecular weight is 363 g/mol. The van der Waals surface area contributed by atoms with Crippen molar-refractivity contribution in [3.05, 3.63) is 54.1 Å². The van der Waals surface area contributed by atoms with Gasteiger partial charge in [0.25, 0.3) is 0 Å². The van der Waals surface area contributed by atoms with E-state index in [4.69, 9.17) is 4.74 Å². The van der Waals surface area contributed by atoms with Gasteiger partial charge in [0.05, 0.1) is 25.0 Å². The highest BCUT2D eigenvalue weighted by atomic mass is 19.4. The zero-order chi connectivity index (χ0) is 18.5. The molecule has 0 bridgehead atoms. The minimum atomic E-state index is -4.32. The molecule has 0 amide bonds. The van der Waals surface area contributed by atoms with Gasteiger partial charge in [0.15, 0.2) is 0 Å². The second-order valence-electron chi connectivity index (χ2n) is 6.90. The Morgan fingerprint density at radius 1 is 1.27 bits per heavy atom. The molecule has 1 aliphatic carbocycles. The normalized spacial score (nSPS) is 21.2. The Balaban J connectivity index is 1.86. The van der Waals surface area contributed by atoms with Crippen LogP contribution in [0.3, 0.4) is 0 Å². The van der Waals surface area contributed by atoms with Crippen molar-refractivity contribution in [2.45, 2.75) is 38.0 Å². The summed E-state index contributed by atoms with van der Waals surface area (Å²) in [6.45, 7) is 1.90. The molecule has 0 radical (unpaired) electrons. The van der Waals surface area contributed by atoms with Crippen molar-refractivity contribution in [3.8, 4) is 5.75 Å². The fraction of sp³-hybridized carbons (Fsp3) is 0.421. The number of methoxy groups -OCH3 is 1. The molecule has 2 atom stereocenters. The average Bonchev–Trinajstić information content (AvgIpc) is 3.29. The number of allylic oxidation sites excluding steroid dienone is 1. The summed E-state index contributed by atoms with van der Waals surface area (Å²) >= 11 is 0.